The largest absolute Gasteiger partial charge is 0.444 e. The normalized spacial score (nSPS) is 22.6. The van der Waals surface area contributed by atoms with E-state index in [0.29, 0.717) is 0 Å². The van der Waals surface area contributed by atoms with Crippen LogP contribution in [0.4, 0.5) is 28.2 Å². The second-order valence-electron chi connectivity index (χ2n) is 7.14. The van der Waals surface area contributed by atoms with Crippen LogP contribution in [0.3, 0.4) is 0 Å². The molecule has 1 fully saturated rings. The number of aromatic nitrogens is 2. The third kappa shape index (κ3) is 5.91. The number of halogens is 4. The van der Waals surface area contributed by atoms with Gasteiger partial charge in [-0.05, 0) is 27.7 Å². The number of hydrogen-bond acceptors (Lipinski definition) is 6. The molecule has 1 aromatic heterocycles. The Kier molecular flexibility index (Phi) is 6.13. The molecule has 2 rings (SSSR count). The van der Waals surface area contributed by atoms with E-state index in [2.05, 4.69) is 20.0 Å². The number of morpholine rings is 1. The summed E-state index contributed by atoms with van der Waals surface area (Å²) in [5.41, 5.74) is -1.34. The Balaban J connectivity index is 2.11. The lowest BCUT2D eigenvalue weighted by atomic mass is 10.1. The highest BCUT2D eigenvalue weighted by Crippen LogP contribution is 2.30. The number of ether oxygens (including phenoxy) is 2. The Morgan fingerprint density at radius 1 is 1.41 bits per heavy atom. The lowest BCUT2D eigenvalue weighted by Gasteiger charge is -2.43. The molecule has 1 saturated heterocycles. The number of nitrogens with zero attached hydrogens (tertiary/aromatic N) is 3. The fraction of sp³-hybridized carbons (Fsp3) is 0.688. The molecule has 2 heterocycles. The monoisotopic (exact) mass is 394 g/mol. The van der Waals surface area contributed by atoms with Gasteiger partial charge < -0.3 is 14.8 Å². The fourth-order valence-electron chi connectivity index (χ4n) is 2.50. The van der Waals surface area contributed by atoms with Crippen LogP contribution in [0.2, 0.25) is 0 Å². The van der Waals surface area contributed by atoms with Gasteiger partial charge in [0.25, 0.3) is 6.43 Å². The lowest BCUT2D eigenvalue weighted by molar-refractivity contribution is -0.300. The number of amides is 1. The number of anilines is 1. The smallest absolute Gasteiger partial charge is 0.410 e. The minimum Gasteiger partial charge on any atom is -0.444 e. The van der Waals surface area contributed by atoms with E-state index in [9.17, 15) is 22.4 Å². The Hall–Kier alpha value is -2.17. The van der Waals surface area contributed by atoms with E-state index in [0.717, 1.165) is 17.3 Å². The van der Waals surface area contributed by atoms with Gasteiger partial charge >= 0.3 is 12.2 Å². The maximum atomic E-state index is 13.8. The zero-order chi connectivity index (χ0) is 20.4. The molecule has 0 aliphatic carbocycles. The Morgan fingerprint density at radius 3 is 2.59 bits per heavy atom. The van der Waals surface area contributed by atoms with Crippen LogP contribution < -0.4 is 5.32 Å². The van der Waals surface area contributed by atoms with E-state index < -0.39 is 48.6 Å². The molecule has 2 atom stereocenters. The van der Waals surface area contributed by atoms with Gasteiger partial charge in [0.2, 0.25) is 0 Å². The summed E-state index contributed by atoms with van der Waals surface area (Å²) >= 11 is 0. The van der Waals surface area contributed by atoms with Crippen molar-refractivity contribution in [2.75, 3.05) is 18.4 Å². The average Bonchev–Trinajstić information content (AvgIpc) is 2.51. The molecule has 1 aliphatic rings. The number of rotatable bonds is 4. The SMILES string of the molecule is C[C@@H]1OC(F)(F)CN(C(=O)OC(C)(C)C)[C@@H]1CNc1cnc(C(F)F)cn1. The standard InChI is InChI=1S/C16H22F4N4O3/c1-9-11(6-23-12-7-21-10(5-22-12)13(17)18)24(8-16(19,20)26-9)14(25)27-15(2,3)4/h5,7,9,11,13H,6,8H2,1-4H3,(H,22,23)/t9-,11+/m0/s1. The minimum absolute atomic E-state index is 0.0147. The summed E-state index contributed by atoms with van der Waals surface area (Å²) in [5, 5.41) is 2.79. The average molecular weight is 394 g/mol. The molecule has 1 N–H and O–H groups in total. The van der Waals surface area contributed by atoms with Crippen LogP contribution in [0.5, 0.6) is 0 Å². The van der Waals surface area contributed by atoms with Crippen LogP contribution in [0.15, 0.2) is 12.4 Å². The number of hydrogen-bond donors (Lipinski definition) is 1. The molecule has 0 aromatic carbocycles. The first kappa shape index (κ1) is 21.1. The molecule has 1 amide bonds. The maximum Gasteiger partial charge on any atom is 0.410 e. The first-order valence-electron chi connectivity index (χ1n) is 8.27. The van der Waals surface area contributed by atoms with E-state index in [1.54, 1.807) is 20.8 Å². The highest BCUT2D eigenvalue weighted by Gasteiger charge is 2.48. The quantitative estimate of drug-likeness (QED) is 0.789. The summed E-state index contributed by atoms with van der Waals surface area (Å²) in [5.74, 6) is 0.160. The first-order chi connectivity index (χ1) is 12.4. The molecule has 0 saturated carbocycles. The van der Waals surface area contributed by atoms with Crippen molar-refractivity contribution in [3.05, 3.63) is 18.1 Å². The molecular weight excluding hydrogens is 372 g/mol. The van der Waals surface area contributed by atoms with Gasteiger partial charge in [0.15, 0.2) is 0 Å². The van der Waals surface area contributed by atoms with Crippen LogP contribution >= 0.6 is 0 Å². The molecule has 0 bridgehead atoms. The Morgan fingerprint density at radius 2 is 2.07 bits per heavy atom. The van der Waals surface area contributed by atoms with Crippen molar-refractivity contribution in [2.45, 2.75) is 58.0 Å². The minimum atomic E-state index is -3.51. The molecule has 0 radical (unpaired) electrons. The van der Waals surface area contributed by atoms with Crippen LogP contribution in [-0.4, -0.2) is 57.9 Å². The molecular formula is C16H22F4N4O3. The van der Waals surface area contributed by atoms with Crippen molar-refractivity contribution < 1.29 is 31.8 Å². The van der Waals surface area contributed by atoms with Gasteiger partial charge in [-0.2, -0.15) is 8.78 Å². The van der Waals surface area contributed by atoms with Crippen LogP contribution in [0.1, 0.15) is 39.8 Å². The Bertz CT molecular complexity index is 652. The predicted molar refractivity (Wildman–Crippen MR) is 87.7 cm³/mol. The molecule has 152 valence electrons. The van der Waals surface area contributed by atoms with E-state index in [1.165, 1.54) is 6.92 Å². The van der Waals surface area contributed by atoms with Gasteiger partial charge in [0.05, 0.1) is 24.5 Å². The van der Waals surface area contributed by atoms with Gasteiger partial charge in [-0.25, -0.2) is 23.5 Å². The topological polar surface area (TPSA) is 76.6 Å². The van der Waals surface area contributed by atoms with Crippen LogP contribution in [0, 0.1) is 0 Å². The van der Waals surface area contributed by atoms with E-state index in [1.807, 2.05) is 0 Å². The van der Waals surface area contributed by atoms with Gasteiger partial charge in [0.1, 0.15) is 23.7 Å². The molecule has 0 spiro atoms. The number of nitrogens with one attached hydrogen (secondary N) is 1. The third-order valence-corrected chi connectivity index (χ3v) is 3.67. The molecule has 0 unspecified atom stereocenters. The highest BCUT2D eigenvalue weighted by molar-refractivity contribution is 5.69. The molecule has 1 aromatic rings. The summed E-state index contributed by atoms with van der Waals surface area (Å²) in [6.07, 6.45) is -6.16. The van der Waals surface area contributed by atoms with Crippen molar-refractivity contribution in [2.24, 2.45) is 0 Å². The zero-order valence-electron chi connectivity index (χ0n) is 15.4. The Labute approximate surface area is 154 Å². The lowest BCUT2D eigenvalue weighted by Crippen LogP contribution is -2.61. The second-order valence-corrected chi connectivity index (χ2v) is 7.14. The maximum absolute atomic E-state index is 13.8. The second kappa shape index (κ2) is 7.83. The highest BCUT2D eigenvalue weighted by atomic mass is 19.3. The van der Waals surface area contributed by atoms with Crippen molar-refractivity contribution in [3.63, 3.8) is 0 Å². The van der Waals surface area contributed by atoms with Gasteiger partial charge in [-0.15, -0.1) is 0 Å². The van der Waals surface area contributed by atoms with E-state index >= 15 is 0 Å². The molecule has 11 heteroatoms. The molecule has 27 heavy (non-hydrogen) atoms. The summed E-state index contributed by atoms with van der Waals surface area (Å²) < 4.78 is 62.4. The predicted octanol–water partition coefficient (Wildman–Crippen LogP) is 3.44. The molecule has 7 nitrogen and oxygen atoms in total. The first-order valence-corrected chi connectivity index (χ1v) is 8.27. The summed E-state index contributed by atoms with van der Waals surface area (Å²) in [6.45, 7) is 5.30. The summed E-state index contributed by atoms with van der Waals surface area (Å²) in [4.78, 5) is 20.6. The summed E-state index contributed by atoms with van der Waals surface area (Å²) in [7, 11) is 0. The van der Waals surface area contributed by atoms with Crippen molar-refractivity contribution >= 4 is 11.9 Å². The van der Waals surface area contributed by atoms with E-state index in [-0.39, 0.29) is 12.4 Å². The number of carbonyl (C=O) groups excluding carboxylic acids is 1. The van der Waals surface area contributed by atoms with Crippen LogP contribution in [-0.2, 0) is 9.47 Å². The third-order valence-electron chi connectivity index (χ3n) is 3.67. The van der Waals surface area contributed by atoms with Crippen molar-refractivity contribution in [1.82, 2.24) is 14.9 Å². The van der Waals surface area contributed by atoms with Crippen LogP contribution in [0.25, 0.3) is 0 Å². The number of alkyl halides is 4. The molecule has 1 aliphatic heterocycles. The van der Waals surface area contributed by atoms with E-state index in [4.69, 9.17) is 4.74 Å². The van der Waals surface area contributed by atoms with Gasteiger partial charge in [0, 0.05) is 6.54 Å². The van der Waals surface area contributed by atoms with Gasteiger partial charge in [-0.3, -0.25) is 4.90 Å². The van der Waals surface area contributed by atoms with Crippen molar-refractivity contribution in [3.8, 4) is 0 Å². The fourth-order valence-corrected chi connectivity index (χ4v) is 2.50. The van der Waals surface area contributed by atoms with Crippen molar-refractivity contribution in [1.29, 1.82) is 0 Å². The summed E-state index contributed by atoms with van der Waals surface area (Å²) in [6, 6.07) is -0.795. The van der Waals surface area contributed by atoms with Gasteiger partial charge in [-0.1, -0.05) is 0 Å². The number of carbonyl (C=O) groups is 1. The zero-order valence-corrected chi connectivity index (χ0v) is 15.4.